The maximum atomic E-state index is 4.74. The Kier molecular flexibility index (Phi) is 4.06. The van der Waals surface area contributed by atoms with Crippen LogP contribution in [0.1, 0.15) is 43.7 Å². The van der Waals surface area contributed by atoms with E-state index in [1.807, 2.05) is 0 Å². The zero-order valence-electron chi connectivity index (χ0n) is 12.3. The molecule has 0 amide bonds. The van der Waals surface area contributed by atoms with Crippen LogP contribution in [0.25, 0.3) is 10.9 Å². The van der Waals surface area contributed by atoms with Gasteiger partial charge in [0.2, 0.25) is 0 Å². The number of nitrogens with one attached hydrogen (secondary N) is 2. The number of fused-ring (bicyclic) bond motifs is 1. The molecule has 1 aromatic carbocycles. The number of hydrogen-bond acceptors (Lipinski definition) is 4. The lowest BCUT2D eigenvalue weighted by atomic mass is 9.85. The largest absolute Gasteiger partial charge is 0.361 e. The van der Waals surface area contributed by atoms with Crippen molar-refractivity contribution >= 4 is 48.8 Å². The quantitative estimate of drug-likeness (QED) is 0.409. The SMILES string of the molecule is CCc1ccc2[nH]cc(C3CC(C)(S)NC(S)(S)C3)c2c1. The predicted octanol–water partition coefficient (Wildman–Crippen LogP) is 4.36. The third kappa shape index (κ3) is 3.26. The third-order valence-electron chi connectivity index (χ3n) is 4.27. The van der Waals surface area contributed by atoms with Gasteiger partial charge in [0.05, 0.1) is 4.87 Å². The fourth-order valence-electron chi connectivity index (χ4n) is 3.40. The lowest BCUT2D eigenvalue weighted by Gasteiger charge is -2.44. The highest BCUT2D eigenvalue weighted by Gasteiger charge is 2.41. The van der Waals surface area contributed by atoms with Gasteiger partial charge >= 0.3 is 0 Å². The van der Waals surface area contributed by atoms with E-state index in [-0.39, 0.29) is 4.87 Å². The first-order chi connectivity index (χ1) is 9.80. The van der Waals surface area contributed by atoms with Crippen molar-refractivity contribution in [2.75, 3.05) is 0 Å². The number of aromatic nitrogens is 1. The van der Waals surface area contributed by atoms with Crippen LogP contribution in [0.5, 0.6) is 0 Å². The Morgan fingerprint density at radius 1 is 1.24 bits per heavy atom. The monoisotopic (exact) mass is 338 g/mol. The molecule has 1 saturated heterocycles. The minimum absolute atomic E-state index is 0.265. The maximum absolute atomic E-state index is 4.74. The average Bonchev–Trinajstić information content (AvgIpc) is 2.77. The Morgan fingerprint density at radius 3 is 2.67 bits per heavy atom. The van der Waals surface area contributed by atoms with Crippen molar-refractivity contribution in [3.05, 3.63) is 35.5 Å². The molecule has 2 atom stereocenters. The molecule has 1 aliphatic rings. The molecule has 0 saturated carbocycles. The number of aryl methyl sites for hydroxylation is 1. The molecule has 1 fully saturated rings. The Bertz CT molecular complexity index is 645. The summed E-state index contributed by atoms with van der Waals surface area (Å²) < 4.78 is -0.495. The van der Waals surface area contributed by atoms with Crippen molar-refractivity contribution in [1.82, 2.24) is 10.3 Å². The predicted molar refractivity (Wildman–Crippen MR) is 101 cm³/mol. The van der Waals surface area contributed by atoms with E-state index >= 15 is 0 Å². The minimum Gasteiger partial charge on any atom is -0.361 e. The molecular formula is C16H22N2S3. The molecule has 1 aromatic heterocycles. The van der Waals surface area contributed by atoms with Crippen LogP contribution in [-0.2, 0) is 6.42 Å². The molecule has 2 aromatic rings. The standard InChI is InChI=1S/C16H22N2S3/c1-3-10-4-5-14-12(6-10)13(9-17-14)11-7-15(2,19)18-16(20,21)8-11/h4-6,9,11,17-21H,3,7-8H2,1-2H3. The Labute approximate surface area is 142 Å². The molecule has 0 radical (unpaired) electrons. The van der Waals surface area contributed by atoms with Gasteiger partial charge in [-0.3, -0.25) is 5.32 Å². The van der Waals surface area contributed by atoms with E-state index in [1.165, 1.54) is 22.0 Å². The second-order valence-electron chi connectivity index (χ2n) is 6.30. The van der Waals surface area contributed by atoms with E-state index in [2.05, 4.69) is 73.8 Å². The van der Waals surface area contributed by atoms with Gasteiger partial charge in [-0.2, -0.15) is 12.6 Å². The molecule has 2 unspecified atom stereocenters. The van der Waals surface area contributed by atoms with Gasteiger partial charge < -0.3 is 4.98 Å². The van der Waals surface area contributed by atoms with Crippen LogP contribution in [0, 0.1) is 0 Å². The second kappa shape index (κ2) is 5.44. The van der Waals surface area contributed by atoms with Crippen LogP contribution >= 0.6 is 37.9 Å². The Hall–Kier alpha value is -0.230. The van der Waals surface area contributed by atoms with Gasteiger partial charge in [-0.25, -0.2) is 0 Å². The number of piperidine rings is 1. The molecule has 0 bridgehead atoms. The Balaban J connectivity index is 2.03. The number of benzene rings is 1. The van der Waals surface area contributed by atoms with Crippen molar-refractivity contribution in [3.8, 4) is 0 Å². The first kappa shape index (κ1) is 15.7. The zero-order valence-corrected chi connectivity index (χ0v) is 15.0. The van der Waals surface area contributed by atoms with Gasteiger partial charge in [0.15, 0.2) is 0 Å². The van der Waals surface area contributed by atoms with Gasteiger partial charge in [0, 0.05) is 17.1 Å². The zero-order chi connectivity index (χ0) is 15.3. The summed E-state index contributed by atoms with van der Waals surface area (Å²) in [4.78, 5) is 3.13. The van der Waals surface area contributed by atoms with E-state index in [0.29, 0.717) is 5.92 Å². The van der Waals surface area contributed by atoms with Crippen molar-refractivity contribution in [3.63, 3.8) is 0 Å². The smallest absolute Gasteiger partial charge is 0.107 e. The van der Waals surface area contributed by atoms with Gasteiger partial charge in [-0.15, -0.1) is 25.3 Å². The van der Waals surface area contributed by atoms with E-state index in [0.717, 1.165) is 19.3 Å². The molecule has 2 N–H and O–H groups in total. The first-order valence-electron chi connectivity index (χ1n) is 7.36. The fraction of sp³-hybridized carbons (Fsp3) is 0.500. The van der Waals surface area contributed by atoms with Crippen molar-refractivity contribution in [2.24, 2.45) is 0 Å². The van der Waals surface area contributed by atoms with Crippen LogP contribution in [0.3, 0.4) is 0 Å². The summed E-state index contributed by atoms with van der Waals surface area (Å²) in [5.41, 5.74) is 3.93. The first-order valence-corrected chi connectivity index (χ1v) is 8.70. The molecule has 114 valence electrons. The van der Waals surface area contributed by atoms with Crippen molar-refractivity contribution in [1.29, 1.82) is 0 Å². The van der Waals surface area contributed by atoms with Crippen molar-refractivity contribution in [2.45, 2.75) is 48.1 Å². The highest BCUT2D eigenvalue weighted by atomic mass is 32.2. The molecule has 1 aliphatic heterocycles. The lowest BCUT2D eigenvalue weighted by Crippen LogP contribution is -2.53. The van der Waals surface area contributed by atoms with Crippen LogP contribution in [0.2, 0.25) is 0 Å². The van der Waals surface area contributed by atoms with Crippen LogP contribution in [0.4, 0.5) is 0 Å². The molecular weight excluding hydrogens is 316 g/mol. The number of thiol groups is 3. The number of hydrogen-bond donors (Lipinski definition) is 5. The van der Waals surface area contributed by atoms with Crippen LogP contribution < -0.4 is 5.32 Å². The summed E-state index contributed by atoms with van der Waals surface area (Å²) in [6.45, 7) is 4.28. The summed E-state index contributed by atoms with van der Waals surface area (Å²) in [5.74, 6) is 0.393. The molecule has 5 heteroatoms. The van der Waals surface area contributed by atoms with Gasteiger partial charge in [0.1, 0.15) is 4.20 Å². The average molecular weight is 339 g/mol. The number of rotatable bonds is 2. The highest BCUT2D eigenvalue weighted by molar-refractivity contribution is 8.00. The van der Waals surface area contributed by atoms with Gasteiger partial charge in [-0.1, -0.05) is 13.0 Å². The van der Waals surface area contributed by atoms with Crippen molar-refractivity contribution < 1.29 is 0 Å². The van der Waals surface area contributed by atoms with Gasteiger partial charge in [0.25, 0.3) is 0 Å². The molecule has 0 aliphatic carbocycles. The van der Waals surface area contributed by atoms with Crippen LogP contribution in [0.15, 0.2) is 24.4 Å². The highest BCUT2D eigenvalue weighted by Crippen LogP contribution is 2.45. The summed E-state index contributed by atoms with van der Waals surface area (Å²) in [6.07, 6.45) is 5.03. The summed E-state index contributed by atoms with van der Waals surface area (Å²) in [5, 5.41) is 4.70. The summed E-state index contributed by atoms with van der Waals surface area (Å²) >= 11 is 14.0. The van der Waals surface area contributed by atoms with E-state index < -0.39 is 4.20 Å². The fourth-order valence-corrected chi connectivity index (χ4v) is 4.92. The molecule has 0 spiro atoms. The minimum atomic E-state index is -0.495. The second-order valence-corrected chi connectivity index (χ2v) is 9.16. The number of aromatic amines is 1. The number of H-pyrrole nitrogens is 1. The van der Waals surface area contributed by atoms with Crippen LogP contribution in [-0.4, -0.2) is 14.1 Å². The summed E-state index contributed by atoms with van der Waals surface area (Å²) in [6, 6.07) is 6.67. The van der Waals surface area contributed by atoms with Gasteiger partial charge in [-0.05, 0) is 55.4 Å². The third-order valence-corrected chi connectivity index (χ3v) is 5.15. The molecule has 3 rings (SSSR count). The molecule has 2 heterocycles. The topological polar surface area (TPSA) is 27.8 Å². The molecule has 2 nitrogen and oxygen atoms in total. The normalized spacial score (nSPS) is 28.9. The van der Waals surface area contributed by atoms with E-state index in [1.54, 1.807) is 0 Å². The summed E-state index contributed by atoms with van der Waals surface area (Å²) in [7, 11) is 0. The molecule has 21 heavy (non-hydrogen) atoms. The van der Waals surface area contributed by atoms with E-state index in [9.17, 15) is 0 Å². The van der Waals surface area contributed by atoms with E-state index in [4.69, 9.17) is 12.6 Å². The lowest BCUT2D eigenvalue weighted by molar-refractivity contribution is 0.320. The maximum Gasteiger partial charge on any atom is 0.107 e. The Morgan fingerprint density at radius 2 is 2.00 bits per heavy atom.